The predicted octanol–water partition coefficient (Wildman–Crippen LogP) is 3.22. The van der Waals surface area contributed by atoms with E-state index in [2.05, 4.69) is 33.0 Å². The van der Waals surface area contributed by atoms with Gasteiger partial charge >= 0.3 is 0 Å². The van der Waals surface area contributed by atoms with Crippen molar-refractivity contribution < 1.29 is 4.74 Å². The molecule has 1 N–H and O–H groups in total. The maximum absolute atomic E-state index is 5.51. The first-order chi connectivity index (χ1) is 7.13. The van der Waals surface area contributed by atoms with E-state index < -0.39 is 0 Å². The molecule has 0 amide bonds. The average molecular weight is 215 g/mol. The largest absolute Gasteiger partial charge is 0.377 e. The van der Waals surface area contributed by atoms with Crippen molar-refractivity contribution in [1.29, 1.82) is 0 Å². The summed E-state index contributed by atoms with van der Waals surface area (Å²) in [4.78, 5) is 0. The fraction of sp³-hybridized carbons (Fsp3) is 1.00. The van der Waals surface area contributed by atoms with Crippen LogP contribution in [0.4, 0.5) is 0 Å². The molecular formula is C13H29NO. The third kappa shape index (κ3) is 7.80. The van der Waals surface area contributed by atoms with Crippen molar-refractivity contribution in [2.75, 3.05) is 13.2 Å². The van der Waals surface area contributed by atoms with Crippen LogP contribution in [0.3, 0.4) is 0 Å². The molecule has 0 saturated heterocycles. The fourth-order valence-corrected chi connectivity index (χ4v) is 1.72. The van der Waals surface area contributed by atoms with Crippen molar-refractivity contribution in [3.63, 3.8) is 0 Å². The minimum absolute atomic E-state index is 0.334. The second-order valence-corrected chi connectivity index (χ2v) is 4.53. The van der Waals surface area contributed by atoms with Gasteiger partial charge in [0.2, 0.25) is 0 Å². The Morgan fingerprint density at radius 1 is 1.07 bits per heavy atom. The lowest BCUT2D eigenvalue weighted by Crippen LogP contribution is -2.36. The second-order valence-electron chi connectivity index (χ2n) is 4.53. The predicted molar refractivity (Wildman–Crippen MR) is 67.2 cm³/mol. The standard InChI is InChI=1S/C13H29NO/c1-6-11(4)9-13(7-2)14-10-12(5)15-8-3/h11-14H,6-10H2,1-5H3. The first-order valence-corrected chi connectivity index (χ1v) is 6.48. The molecule has 3 unspecified atom stereocenters. The molecule has 0 aliphatic heterocycles. The van der Waals surface area contributed by atoms with E-state index >= 15 is 0 Å². The molecule has 0 heterocycles. The Kier molecular flexibility index (Phi) is 9.12. The molecule has 2 nitrogen and oxygen atoms in total. The number of ether oxygens (including phenoxy) is 1. The molecule has 3 atom stereocenters. The first kappa shape index (κ1) is 14.9. The van der Waals surface area contributed by atoms with Gasteiger partial charge in [0.05, 0.1) is 6.10 Å². The lowest BCUT2D eigenvalue weighted by molar-refractivity contribution is 0.0731. The normalized spacial score (nSPS) is 17.4. The van der Waals surface area contributed by atoms with Crippen LogP contribution in [-0.4, -0.2) is 25.3 Å². The zero-order chi connectivity index (χ0) is 11.7. The minimum Gasteiger partial charge on any atom is -0.377 e. The van der Waals surface area contributed by atoms with Gasteiger partial charge in [0.25, 0.3) is 0 Å². The third-order valence-electron chi connectivity index (χ3n) is 3.02. The van der Waals surface area contributed by atoms with Gasteiger partial charge in [-0.25, -0.2) is 0 Å². The molecule has 2 heteroatoms. The van der Waals surface area contributed by atoms with Gasteiger partial charge in [0.15, 0.2) is 0 Å². The second kappa shape index (κ2) is 9.17. The van der Waals surface area contributed by atoms with E-state index in [0.717, 1.165) is 19.1 Å². The van der Waals surface area contributed by atoms with Crippen LogP contribution in [0.5, 0.6) is 0 Å². The number of rotatable bonds is 9. The molecule has 0 aromatic rings. The van der Waals surface area contributed by atoms with Gasteiger partial charge in [-0.3, -0.25) is 0 Å². The average Bonchev–Trinajstić information content (AvgIpc) is 2.24. The maximum Gasteiger partial charge on any atom is 0.0671 e. The molecule has 0 aromatic heterocycles. The van der Waals surface area contributed by atoms with Crippen molar-refractivity contribution in [2.45, 2.75) is 66.0 Å². The van der Waals surface area contributed by atoms with Crippen molar-refractivity contribution >= 4 is 0 Å². The summed E-state index contributed by atoms with van der Waals surface area (Å²) >= 11 is 0. The monoisotopic (exact) mass is 215 g/mol. The summed E-state index contributed by atoms with van der Waals surface area (Å²) in [5.41, 5.74) is 0. The van der Waals surface area contributed by atoms with Gasteiger partial charge in [-0.15, -0.1) is 0 Å². The Labute approximate surface area is 95.8 Å². The van der Waals surface area contributed by atoms with Gasteiger partial charge in [0.1, 0.15) is 0 Å². The van der Waals surface area contributed by atoms with Crippen LogP contribution < -0.4 is 5.32 Å². The van der Waals surface area contributed by atoms with Crippen molar-refractivity contribution in [1.82, 2.24) is 5.32 Å². The number of hydrogen-bond acceptors (Lipinski definition) is 2. The summed E-state index contributed by atoms with van der Waals surface area (Å²) in [7, 11) is 0. The van der Waals surface area contributed by atoms with E-state index in [-0.39, 0.29) is 0 Å². The van der Waals surface area contributed by atoms with Crippen LogP contribution in [-0.2, 0) is 4.74 Å². The SMILES string of the molecule is CCOC(C)CNC(CC)CC(C)CC. The van der Waals surface area contributed by atoms with Gasteiger partial charge in [-0.1, -0.05) is 27.2 Å². The zero-order valence-electron chi connectivity index (χ0n) is 11.2. The van der Waals surface area contributed by atoms with E-state index in [4.69, 9.17) is 4.74 Å². The molecule has 0 saturated carbocycles. The molecular weight excluding hydrogens is 186 g/mol. The molecule has 0 bridgehead atoms. The summed E-state index contributed by atoms with van der Waals surface area (Å²) in [6.45, 7) is 12.8. The Morgan fingerprint density at radius 2 is 1.73 bits per heavy atom. The zero-order valence-corrected chi connectivity index (χ0v) is 11.2. The van der Waals surface area contributed by atoms with Gasteiger partial charge < -0.3 is 10.1 Å². The van der Waals surface area contributed by atoms with E-state index in [1.807, 2.05) is 6.92 Å². The van der Waals surface area contributed by atoms with Gasteiger partial charge in [0, 0.05) is 19.2 Å². The number of hydrogen-bond donors (Lipinski definition) is 1. The smallest absolute Gasteiger partial charge is 0.0671 e. The first-order valence-electron chi connectivity index (χ1n) is 6.48. The van der Waals surface area contributed by atoms with Crippen LogP contribution in [0.1, 0.15) is 53.9 Å². The highest BCUT2D eigenvalue weighted by molar-refractivity contribution is 4.69. The summed E-state index contributed by atoms with van der Waals surface area (Å²) in [6.07, 6.45) is 4.11. The minimum atomic E-state index is 0.334. The lowest BCUT2D eigenvalue weighted by Gasteiger charge is -2.22. The van der Waals surface area contributed by atoms with E-state index in [1.165, 1.54) is 19.3 Å². The lowest BCUT2D eigenvalue weighted by atomic mass is 9.98. The molecule has 92 valence electrons. The summed E-state index contributed by atoms with van der Waals surface area (Å²) < 4.78 is 5.51. The van der Waals surface area contributed by atoms with E-state index in [0.29, 0.717) is 12.1 Å². The summed E-state index contributed by atoms with van der Waals surface area (Å²) in [6, 6.07) is 0.655. The van der Waals surface area contributed by atoms with Crippen molar-refractivity contribution in [2.24, 2.45) is 5.92 Å². The number of nitrogens with one attached hydrogen (secondary N) is 1. The van der Waals surface area contributed by atoms with Crippen LogP contribution >= 0.6 is 0 Å². The van der Waals surface area contributed by atoms with Gasteiger partial charge in [-0.2, -0.15) is 0 Å². The highest BCUT2D eigenvalue weighted by Crippen LogP contribution is 2.11. The Balaban J connectivity index is 3.69. The highest BCUT2D eigenvalue weighted by Gasteiger charge is 2.11. The van der Waals surface area contributed by atoms with Gasteiger partial charge in [-0.05, 0) is 32.6 Å². The molecule has 0 rings (SSSR count). The summed E-state index contributed by atoms with van der Waals surface area (Å²) in [5, 5.41) is 3.59. The molecule has 0 aromatic carbocycles. The molecule has 0 aliphatic carbocycles. The van der Waals surface area contributed by atoms with Crippen molar-refractivity contribution in [3.8, 4) is 0 Å². The molecule has 0 fully saturated rings. The quantitative estimate of drug-likeness (QED) is 0.637. The van der Waals surface area contributed by atoms with Crippen LogP contribution in [0.2, 0.25) is 0 Å². The van der Waals surface area contributed by atoms with E-state index in [1.54, 1.807) is 0 Å². The topological polar surface area (TPSA) is 21.3 Å². The molecule has 0 spiro atoms. The fourth-order valence-electron chi connectivity index (χ4n) is 1.72. The maximum atomic E-state index is 5.51. The van der Waals surface area contributed by atoms with Crippen LogP contribution in [0.15, 0.2) is 0 Å². The van der Waals surface area contributed by atoms with Crippen LogP contribution in [0, 0.1) is 5.92 Å². The molecule has 0 radical (unpaired) electrons. The van der Waals surface area contributed by atoms with Crippen LogP contribution in [0.25, 0.3) is 0 Å². The summed E-state index contributed by atoms with van der Waals surface area (Å²) in [5.74, 6) is 0.824. The Hall–Kier alpha value is -0.0800. The molecule has 15 heavy (non-hydrogen) atoms. The highest BCUT2D eigenvalue weighted by atomic mass is 16.5. The Morgan fingerprint density at radius 3 is 2.20 bits per heavy atom. The third-order valence-corrected chi connectivity index (χ3v) is 3.02. The Bertz CT molecular complexity index is 138. The van der Waals surface area contributed by atoms with Crippen molar-refractivity contribution in [3.05, 3.63) is 0 Å². The van der Waals surface area contributed by atoms with E-state index in [9.17, 15) is 0 Å². The molecule has 0 aliphatic rings.